The van der Waals surface area contributed by atoms with Gasteiger partial charge in [-0.25, -0.2) is 0 Å². The van der Waals surface area contributed by atoms with E-state index in [1.807, 2.05) is 6.07 Å². The van der Waals surface area contributed by atoms with Crippen molar-refractivity contribution in [3.63, 3.8) is 0 Å². The van der Waals surface area contributed by atoms with Gasteiger partial charge in [0.05, 0.1) is 12.3 Å². The van der Waals surface area contributed by atoms with E-state index in [1.54, 1.807) is 18.2 Å². The molecule has 1 aromatic carbocycles. The summed E-state index contributed by atoms with van der Waals surface area (Å²) in [4.78, 5) is 36.9. The number of nitrogens with zero attached hydrogens (tertiary/aromatic N) is 1. The van der Waals surface area contributed by atoms with Gasteiger partial charge in [0.2, 0.25) is 5.91 Å². The second kappa shape index (κ2) is 8.49. The van der Waals surface area contributed by atoms with E-state index in [1.165, 1.54) is 17.7 Å². The zero-order valence-electron chi connectivity index (χ0n) is 14.1. The average Bonchev–Trinajstić information content (AvgIpc) is 2.95. The largest absolute Gasteiger partial charge is 0.352 e. The average molecular weight is 361 g/mol. The monoisotopic (exact) mass is 361 g/mol. The Morgan fingerprint density at radius 1 is 1.36 bits per heavy atom. The topological polar surface area (TPSA) is 78.5 Å². The lowest BCUT2D eigenvalue weighted by molar-refractivity contribution is -0.125. The van der Waals surface area contributed by atoms with Crippen molar-refractivity contribution in [2.45, 2.75) is 25.8 Å². The van der Waals surface area contributed by atoms with E-state index in [0.29, 0.717) is 18.0 Å². The Morgan fingerprint density at radius 2 is 2.24 bits per heavy atom. The Hall–Kier alpha value is -1.86. The number of carbonyl (C=O) groups excluding carboxylic acids is 3. The van der Waals surface area contributed by atoms with Crippen LogP contribution in [0.3, 0.4) is 0 Å². The fourth-order valence-electron chi connectivity index (χ4n) is 3.19. The lowest BCUT2D eigenvalue weighted by Gasteiger charge is -2.22. The molecule has 0 radical (unpaired) electrons. The first-order valence-electron chi connectivity index (χ1n) is 8.68. The number of thioether (sulfide) groups is 1. The molecule has 0 aromatic heterocycles. The summed E-state index contributed by atoms with van der Waals surface area (Å²) in [5.41, 5.74) is 1.35. The molecule has 0 aliphatic carbocycles. The van der Waals surface area contributed by atoms with E-state index < -0.39 is 0 Å². The Labute approximate surface area is 151 Å². The quantitative estimate of drug-likeness (QED) is 0.810. The van der Waals surface area contributed by atoms with Crippen LogP contribution in [0.25, 0.3) is 0 Å². The third-order valence-corrected chi connectivity index (χ3v) is 5.47. The van der Waals surface area contributed by atoms with Crippen LogP contribution in [0.15, 0.2) is 24.3 Å². The van der Waals surface area contributed by atoms with Gasteiger partial charge in [0.1, 0.15) is 0 Å². The summed E-state index contributed by atoms with van der Waals surface area (Å²) in [5, 5.41) is 6.12. The van der Waals surface area contributed by atoms with E-state index in [4.69, 9.17) is 0 Å². The molecule has 134 valence electrons. The third kappa shape index (κ3) is 4.83. The van der Waals surface area contributed by atoms with Gasteiger partial charge < -0.3 is 10.6 Å². The zero-order chi connectivity index (χ0) is 17.6. The van der Waals surface area contributed by atoms with Crippen molar-refractivity contribution in [3.8, 4) is 0 Å². The van der Waals surface area contributed by atoms with Crippen molar-refractivity contribution < 1.29 is 14.4 Å². The smallest absolute Gasteiger partial charge is 0.289 e. The molecule has 2 aliphatic rings. The van der Waals surface area contributed by atoms with E-state index in [-0.39, 0.29) is 29.4 Å². The van der Waals surface area contributed by atoms with Gasteiger partial charge in [-0.15, -0.1) is 0 Å². The van der Waals surface area contributed by atoms with Crippen LogP contribution in [0.4, 0.5) is 4.79 Å². The molecule has 2 saturated heterocycles. The van der Waals surface area contributed by atoms with Crippen molar-refractivity contribution >= 4 is 28.8 Å². The van der Waals surface area contributed by atoms with Crippen molar-refractivity contribution in [3.05, 3.63) is 35.4 Å². The van der Waals surface area contributed by atoms with Gasteiger partial charge in [0, 0.05) is 12.1 Å². The first-order valence-corrected chi connectivity index (χ1v) is 9.67. The van der Waals surface area contributed by atoms with Crippen LogP contribution in [0, 0.1) is 5.92 Å². The van der Waals surface area contributed by atoms with E-state index in [9.17, 15) is 14.4 Å². The Kier molecular flexibility index (Phi) is 6.09. The van der Waals surface area contributed by atoms with E-state index in [2.05, 4.69) is 10.6 Å². The predicted octanol–water partition coefficient (Wildman–Crippen LogP) is 2.00. The van der Waals surface area contributed by atoms with Crippen molar-refractivity contribution in [1.82, 2.24) is 15.5 Å². The van der Waals surface area contributed by atoms with Crippen LogP contribution in [-0.2, 0) is 11.3 Å². The molecule has 6 nitrogen and oxygen atoms in total. The van der Waals surface area contributed by atoms with Crippen molar-refractivity contribution in [2.24, 2.45) is 5.92 Å². The first kappa shape index (κ1) is 17.9. The second-order valence-corrected chi connectivity index (χ2v) is 7.42. The Balaban J connectivity index is 1.52. The van der Waals surface area contributed by atoms with Crippen LogP contribution in [0.2, 0.25) is 0 Å². The number of imide groups is 1. The molecule has 0 spiro atoms. The summed E-state index contributed by atoms with van der Waals surface area (Å²) in [6.07, 6.45) is 3.40. The number of carbonyl (C=O) groups is 3. The molecule has 3 amide bonds. The number of amides is 3. The highest BCUT2D eigenvalue weighted by Gasteiger charge is 2.29. The van der Waals surface area contributed by atoms with Gasteiger partial charge in [0.25, 0.3) is 11.1 Å². The van der Waals surface area contributed by atoms with E-state index >= 15 is 0 Å². The number of hydrogen-bond acceptors (Lipinski definition) is 5. The molecule has 7 heteroatoms. The Morgan fingerprint density at radius 3 is 2.96 bits per heavy atom. The van der Waals surface area contributed by atoms with Gasteiger partial charge in [0.15, 0.2) is 0 Å². The predicted molar refractivity (Wildman–Crippen MR) is 97.4 cm³/mol. The molecular formula is C18H23N3O3S. The molecule has 2 N–H and O–H groups in total. The van der Waals surface area contributed by atoms with Gasteiger partial charge in [-0.2, -0.15) is 0 Å². The van der Waals surface area contributed by atoms with Gasteiger partial charge >= 0.3 is 0 Å². The van der Waals surface area contributed by atoms with Crippen LogP contribution >= 0.6 is 11.8 Å². The fourth-order valence-corrected chi connectivity index (χ4v) is 3.91. The van der Waals surface area contributed by atoms with Crippen molar-refractivity contribution in [1.29, 1.82) is 0 Å². The molecule has 2 aliphatic heterocycles. The highest BCUT2D eigenvalue weighted by atomic mass is 32.2. The van der Waals surface area contributed by atoms with Gasteiger partial charge in [-0.05, 0) is 56.0 Å². The third-order valence-electron chi connectivity index (χ3n) is 4.61. The number of benzene rings is 1. The fraction of sp³-hybridized carbons (Fsp3) is 0.500. The molecule has 0 saturated carbocycles. The van der Waals surface area contributed by atoms with Crippen LogP contribution in [0.1, 0.15) is 35.2 Å². The summed E-state index contributed by atoms with van der Waals surface area (Å²) < 4.78 is 0. The number of nitrogens with one attached hydrogen (secondary N) is 2. The zero-order valence-corrected chi connectivity index (χ0v) is 14.9. The molecule has 1 atom stereocenters. The second-order valence-electron chi connectivity index (χ2n) is 6.49. The highest BCUT2D eigenvalue weighted by Crippen LogP contribution is 2.21. The summed E-state index contributed by atoms with van der Waals surface area (Å²) in [6, 6.07) is 7.12. The minimum absolute atomic E-state index is 0.112. The summed E-state index contributed by atoms with van der Waals surface area (Å²) in [6.45, 7) is 3.01. The van der Waals surface area contributed by atoms with E-state index in [0.717, 1.165) is 36.8 Å². The lowest BCUT2D eigenvalue weighted by Crippen LogP contribution is -2.33. The molecular weight excluding hydrogens is 338 g/mol. The SMILES string of the molecule is O=C(NCCC1CCCNC1)c1cccc(CN2C(=O)CSC2=O)c1. The Bertz CT molecular complexity index is 643. The maximum atomic E-state index is 12.3. The minimum atomic E-state index is -0.221. The molecule has 25 heavy (non-hydrogen) atoms. The summed E-state index contributed by atoms with van der Waals surface area (Å²) in [7, 11) is 0. The maximum Gasteiger partial charge on any atom is 0.289 e. The van der Waals surface area contributed by atoms with Crippen molar-refractivity contribution in [2.75, 3.05) is 25.4 Å². The number of hydrogen-bond donors (Lipinski definition) is 2. The standard InChI is InChI=1S/C18H23N3O3S/c22-16-12-25-18(24)21(16)11-14-3-1-5-15(9-14)17(23)20-8-6-13-4-2-7-19-10-13/h1,3,5,9,13,19H,2,4,6-8,10-12H2,(H,20,23). The highest BCUT2D eigenvalue weighted by molar-refractivity contribution is 8.14. The molecule has 3 rings (SSSR count). The molecule has 1 aromatic rings. The minimum Gasteiger partial charge on any atom is -0.352 e. The van der Waals surface area contributed by atoms with Gasteiger partial charge in [-0.3, -0.25) is 19.3 Å². The first-order chi connectivity index (χ1) is 12.1. The normalized spacial score (nSPS) is 20.8. The number of rotatable bonds is 6. The number of piperidine rings is 1. The van der Waals surface area contributed by atoms with Crippen LogP contribution in [0.5, 0.6) is 0 Å². The molecule has 0 bridgehead atoms. The summed E-state index contributed by atoms with van der Waals surface area (Å²) >= 11 is 1.02. The summed E-state index contributed by atoms with van der Waals surface area (Å²) in [5.74, 6) is 0.546. The molecule has 2 fully saturated rings. The molecule has 1 unspecified atom stereocenters. The lowest BCUT2D eigenvalue weighted by atomic mass is 9.96. The molecule has 2 heterocycles. The maximum absolute atomic E-state index is 12.3. The van der Waals surface area contributed by atoms with Crippen LogP contribution < -0.4 is 10.6 Å². The van der Waals surface area contributed by atoms with Gasteiger partial charge in [-0.1, -0.05) is 23.9 Å². The van der Waals surface area contributed by atoms with Crippen LogP contribution in [-0.4, -0.2) is 47.3 Å².